The number of hydrogen-bond acceptors (Lipinski definition) is 5. The number of methoxy groups -OCH3 is 1. The summed E-state index contributed by atoms with van der Waals surface area (Å²) in [6, 6.07) is 7.76. The second-order valence-corrected chi connectivity index (χ2v) is 5.95. The molecule has 0 saturated heterocycles. The molecule has 1 aromatic carbocycles. The van der Waals surface area contributed by atoms with Crippen LogP contribution in [0.3, 0.4) is 0 Å². The van der Waals surface area contributed by atoms with Gasteiger partial charge in [0.1, 0.15) is 18.2 Å². The third-order valence-electron chi connectivity index (χ3n) is 2.62. The molecule has 2 rings (SSSR count). The minimum absolute atomic E-state index is 0.366. The molecule has 0 fully saturated rings. The molecule has 112 valence electrons. The van der Waals surface area contributed by atoms with Crippen LogP contribution in [-0.2, 0) is 11.3 Å². The number of nitrogens with zero attached hydrogens (tertiary/aromatic N) is 2. The molecule has 2 aromatic rings. The summed E-state index contributed by atoms with van der Waals surface area (Å²) < 4.78 is 7.02. The maximum absolute atomic E-state index is 5.11. The van der Waals surface area contributed by atoms with Gasteiger partial charge in [0.25, 0.3) is 0 Å². The number of anilines is 3. The smallest absolute Gasteiger partial charge is 0.158 e. The lowest BCUT2D eigenvalue weighted by Crippen LogP contribution is -2.07. The molecule has 5 nitrogen and oxygen atoms in total. The fraction of sp³-hybridized carbons (Fsp3) is 0.286. The van der Waals surface area contributed by atoms with E-state index >= 15 is 0 Å². The summed E-state index contributed by atoms with van der Waals surface area (Å²) in [6.45, 7) is 3.18. The van der Waals surface area contributed by atoms with Gasteiger partial charge in [-0.15, -0.1) is 0 Å². The normalized spacial score (nSPS) is 10.5. The summed E-state index contributed by atoms with van der Waals surface area (Å²) in [4.78, 5) is 8.84. The van der Waals surface area contributed by atoms with Gasteiger partial charge in [-0.1, -0.05) is 6.07 Å². The van der Waals surface area contributed by atoms with Crippen molar-refractivity contribution >= 4 is 49.2 Å². The van der Waals surface area contributed by atoms with Crippen molar-refractivity contribution in [1.29, 1.82) is 0 Å². The SMILES string of the molecule is CCNc1cc(Nc2c(Br)cccc2Br)nc(COC)n1. The third kappa shape index (κ3) is 4.39. The largest absolute Gasteiger partial charge is 0.377 e. The standard InChI is InChI=1S/C14H16Br2N4O/c1-3-17-11-7-12(19-13(18-11)8-21-2)20-14-9(15)5-4-6-10(14)16/h4-7H,3,8H2,1-2H3,(H2,17,18,19,20). The Labute approximate surface area is 140 Å². The van der Waals surface area contributed by atoms with Crippen molar-refractivity contribution in [1.82, 2.24) is 9.97 Å². The molecule has 0 aliphatic heterocycles. The fourth-order valence-electron chi connectivity index (χ4n) is 1.77. The van der Waals surface area contributed by atoms with Gasteiger partial charge in [-0.3, -0.25) is 0 Å². The highest BCUT2D eigenvalue weighted by Gasteiger charge is 2.09. The van der Waals surface area contributed by atoms with Crippen LogP contribution in [0.15, 0.2) is 33.2 Å². The van der Waals surface area contributed by atoms with Gasteiger partial charge in [0, 0.05) is 28.7 Å². The van der Waals surface area contributed by atoms with E-state index in [9.17, 15) is 0 Å². The van der Waals surface area contributed by atoms with E-state index in [2.05, 4.69) is 52.5 Å². The minimum Gasteiger partial charge on any atom is -0.377 e. The molecule has 1 aromatic heterocycles. The predicted octanol–water partition coefficient (Wildman–Crippen LogP) is 4.32. The Morgan fingerprint density at radius 2 is 1.81 bits per heavy atom. The van der Waals surface area contributed by atoms with Crippen molar-refractivity contribution in [3.8, 4) is 0 Å². The first kappa shape index (κ1) is 16.2. The number of benzene rings is 1. The molecule has 0 radical (unpaired) electrons. The summed E-state index contributed by atoms with van der Waals surface area (Å²) in [6.07, 6.45) is 0. The van der Waals surface area contributed by atoms with Crippen LogP contribution in [0.1, 0.15) is 12.7 Å². The number of aromatic nitrogens is 2. The van der Waals surface area contributed by atoms with Crippen molar-refractivity contribution in [3.63, 3.8) is 0 Å². The second kappa shape index (κ2) is 7.72. The molecular weight excluding hydrogens is 400 g/mol. The van der Waals surface area contributed by atoms with Gasteiger partial charge < -0.3 is 15.4 Å². The summed E-state index contributed by atoms with van der Waals surface area (Å²) in [5, 5.41) is 6.49. The molecule has 0 aliphatic rings. The average Bonchev–Trinajstić information content (AvgIpc) is 2.44. The van der Waals surface area contributed by atoms with Crippen molar-refractivity contribution in [3.05, 3.63) is 39.0 Å². The van der Waals surface area contributed by atoms with Crippen LogP contribution < -0.4 is 10.6 Å². The van der Waals surface area contributed by atoms with Crippen molar-refractivity contribution in [2.75, 3.05) is 24.3 Å². The van der Waals surface area contributed by atoms with Crippen LogP contribution in [0.4, 0.5) is 17.3 Å². The van der Waals surface area contributed by atoms with Crippen LogP contribution >= 0.6 is 31.9 Å². The lowest BCUT2D eigenvalue weighted by atomic mass is 10.3. The molecule has 0 spiro atoms. The Balaban J connectivity index is 2.34. The first-order valence-corrected chi connectivity index (χ1v) is 8.04. The molecule has 0 saturated carbocycles. The van der Waals surface area contributed by atoms with Crippen molar-refractivity contribution in [2.45, 2.75) is 13.5 Å². The van der Waals surface area contributed by atoms with E-state index in [-0.39, 0.29) is 0 Å². The maximum Gasteiger partial charge on any atom is 0.158 e. The highest BCUT2D eigenvalue weighted by Crippen LogP contribution is 2.33. The monoisotopic (exact) mass is 414 g/mol. The molecule has 1 heterocycles. The van der Waals surface area contributed by atoms with E-state index in [1.54, 1.807) is 7.11 Å². The number of para-hydroxylation sites is 1. The zero-order valence-corrected chi connectivity index (χ0v) is 15.0. The van der Waals surface area contributed by atoms with E-state index in [4.69, 9.17) is 4.74 Å². The highest BCUT2D eigenvalue weighted by molar-refractivity contribution is 9.11. The average molecular weight is 416 g/mol. The van der Waals surface area contributed by atoms with E-state index in [0.29, 0.717) is 18.2 Å². The zero-order chi connectivity index (χ0) is 15.2. The molecule has 2 N–H and O–H groups in total. The first-order valence-electron chi connectivity index (χ1n) is 6.45. The van der Waals surface area contributed by atoms with Crippen LogP contribution in [0, 0.1) is 0 Å². The number of nitrogens with one attached hydrogen (secondary N) is 2. The number of ether oxygens (including phenoxy) is 1. The van der Waals surface area contributed by atoms with Gasteiger partial charge >= 0.3 is 0 Å². The summed E-state index contributed by atoms with van der Waals surface area (Å²) in [5.41, 5.74) is 0.919. The lowest BCUT2D eigenvalue weighted by molar-refractivity contribution is 0.178. The molecule has 0 amide bonds. The molecule has 0 bridgehead atoms. The lowest BCUT2D eigenvalue weighted by Gasteiger charge is -2.12. The van der Waals surface area contributed by atoms with Crippen LogP contribution in [0.5, 0.6) is 0 Å². The van der Waals surface area contributed by atoms with Crippen molar-refractivity contribution < 1.29 is 4.74 Å². The quantitative estimate of drug-likeness (QED) is 0.735. The van der Waals surface area contributed by atoms with Gasteiger partial charge in [0.05, 0.1) is 5.69 Å². The Morgan fingerprint density at radius 1 is 1.14 bits per heavy atom. The number of rotatable bonds is 6. The molecule has 0 unspecified atom stereocenters. The summed E-state index contributed by atoms with van der Waals surface area (Å²) >= 11 is 7.05. The Kier molecular flexibility index (Phi) is 5.96. The zero-order valence-electron chi connectivity index (χ0n) is 11.8. The van der Waals surface area contributed by atoms with Crippen molar-refractivity contribution in [2.24, 2.45) is 0 Å². The van der Waals surface area contributed by atoms with Gasteiger partial charge in [-0.05, 0) is 50.9 Å². The van der Waals surface area contributed by atoms with Gasteiger partial charge in [0.15, 0.2) is 5.82 Å². The molecule has 0 atom stereocenters. The van der Waals surface area contributed by atoms with E-state index in [1.807, 2.05) is 31.2 Å². The topological polar surface area (TPSA) is 59.1 Å². The minimum atomic E-state index is 0.366. The Hall–Kier alpha value is -1.18. The Bertz CT molecular complexity index is 577. The molecule has 7 heteroatoms. The van der Waals surface area contributed by atoms with E-state index in [1.165, 1.54) is 0 Å². The van der Waals surface area contributed by atoms with Gasteiger partial charge in [-0.2, -0.15) is 0 Å². The van der Waals surface area contributed by atoms with Crippen LogP contribution in [-0.4, -0.2) is 23.6 Å². The number of halogens is 2. The summed E-state index contributed by atoms with van der Waals surface area (Å²) in [7, 11) is 1.63. The predicted molar refractivity (Wildman–Crippen MR) is 92.0 cm³/mol. The molecule has 21 heavy (non-hydrogen) atoms. The maximum atomic E-state index is 5.11. The second-order valence-electron chi connectivity index (χ2n) is 4.24. The van der Waals surface area contributed by atoms with Crippen LogP contribution in [0.25, 0.3) is 0 Å². The third-order valence-corrected chi connectivity index (χ3v) is 3.94. The van der Waals surface area contributed by atoms with Crippen LogP contribution in [0.2, 0.25) is 0 Å². The van der Waals surface area contributed by atoms with E-state index in [0.717, 1.165) is 27.0 Å². The van der Waals surface area contributed by atoms with E-state index < -0.39 is 0 Å². The Morgan fingerprint density at radius 3 is 2.43 bits per heavy atom. The highest BCUT2D eigenvalue weighted by atomic mass is 79.9. The molecule has 0 aliphatic carbocycles. The number of hydrogen-bond donors (Lipinski definition) is 2. The van der Waals surface area contributed by atoms with Gasteiger partial charge in [0.2, 0.25) is 0 Å². The first-order chi connectivity index (χ1) is 10.1. The van der Waals surface area contributed by atoms with Gasteiger partial charge in [-0.25, -0.2) is 9.97 Å². The summed E-state index contributed by atoms with van der Waals surface area (Å²) in [5.74, 6) is 2.10. The fourth-order valence-corrected chi connectivity index (χ4v) is 2.97. The molecular formula is C14H16Br2N4O.